The molecule has 1 rings (SSSR count). The molecule has 20 heavy (non-hydrogen) atoms. The summed E-state index contributed by atoms with van der Waals surface area (Å²) in [6, 6.07) is 2.85. The van der Waals surface area contributed by atoms with Crippen molar-refractivity contribution < 1.29 is 9.72 Å². The van der Waals surface area contributed by atoms with Crippen molar-refractivity contribution in [3.05, 3.63) is 33.4 Å². The molecule has 7 nitrogen and oxygen atoms in total. The summed E-state index contributed by atoms with van der Waals surface area (Å²) < 4.78 is 0. The van der Waals surface area contributed by atoms with E-state index in [1.807, 2.05) is 6.92 Å². The third-order valence-corrected chi connectivity index (χ3v) is 2.63. The van der Waals surface area contributed by atoms with Crippen LogP contribution >= 0.6 is 12.4 Å². The van der Waals surface area contributed by atoms with Crippen LogP contribution in [0.15, 0.2) is 12.1 Å². The Morgan fingerprint density at radius 3 is 2.60 bits per heavy atom. The van der Waals surface area contributed by atoms with Gasteiger partial charge >= 0.3 is 0 Å². The summed E-state index contributed by atoms with van der Waals surface area (Å²) in [7, 11) is 0. The number of nitro benzene ring substituents is 1. The summed E-state index contributed by atoms with van der Waals surface area (Å²) in [6.45, 7) is 3.90. The monoisotopic (exact) mass is 302 g/mol. The third kappa shape index (κ3) is 4.67. The smallest absolute Gasteiger partial charge is 0.293 e. The Balaban J connectivity index is 0.00000361. The maximum absolute atomic E-state index is 11.9. The molecule has 1 amide bonds. The molecule has 1 atom stereocenters. The Bertz CT molecular complexity index is 506. The number of carbonyl (C=O) groups excluding carboxylic acids is 1. The molecule has 0 spiro atoms. The Morgan fingerprint density at radius 2 is 2.10 bits per heavy atom. The van der Waals surface area contributed by atoms with Crippen LogP contribution in [-0.2, 0) is 0 Å². The number of benzene rings is 1. The van der Waals surface area contributed by atoms with Crippen molar-refractivity contribution in [2.45, 2.75) is 26.3 Å². The second-order valence-corrected chi connectivity index (χ2v) is 4.52. The van der Waals surface area contributed by atoms with Gasteiger partial charge in [0.25, 0.3) is 11.6 Å². The van der Waals surface area contributed by atoms with Gasteiger partial charge in [0.1, 0.15) is 5.69 Å². The summed E-state index contributed by atoms with van der Waals surface area (Å²) in [4.78, 5) is 22.2. The topological polar surface area (TPSA) is 124 Å². The van der Waals surface area contributed by atoms with Gasteiger partial charge in [-0.25, -0.2) is 0 Å². The number of anilines is 1. The molecule has 0 fully saturated rings. The average molecular weight is 303 g/mol. The Kier molecular flexibility index (Phi) is 6.95. The van der Waals surface area contributed by atoms with E-state index in [1.165, 1.54) is 12.1 Å². The number of hydrogen-bond acceptors (Lipinski definition) is 5. The van der Waals surface area contributed by atoms with Gasteiger partial charge < -0.3 is 16.8 Å². The van der Waals surface area contributed by atoms with E-state index in [0.717, 1.165) is 0 Å². The van der Waals surface area contributed by atoms with E-state index in [1.54, 1.807) is 6.92 Å². The Hall–Kier alpha value is -1.86. The normalized spacial score (nSPS) is 11.3. The van der Waals surface area contributed by atoms with Crippen LogP contribution in [0.1, 0.15) is 29.3 Å². The number of halogens is 1. The van der Waals surface area contributed by atoms with Gasteiger partial charge in [0.2, 0.25) is 0 Å². The van der Waals surface area contributed by atoms with Crippen LogP contribution in [0.5, 0.6) is 0 Å². The molecule has 0 aliphatic carbocycles. The van der Waals surface area contributed by atoms with Crippen molar-refractivity contribution in [2.75, 3.05) is 12.3 Å². The van der Waals surface area contributed by atoms with E-state index in [0.29, 0.717) is 18.5 Å². The lowest BCUT2D eigenvalue weighted by Gasteiger charge is -2.10. The summed E-state index contributed by atoms with van der Waals surface area (Å²) in [5, 5.41) is 13.5. The molecule has 8 heteroatoms. The second kappa shape index (κ2) is 7.66. The number of carbonyl (C=O) groups is 1. The average Bonchev–Trinajstić information content (AvgIpc) is 2.30. The zero-order chi connectivity index (χ0) is 14.6. The minimum Gasteiger partial charge on any atom is -0.393 e. The molecular weight excluding hydrogens is 284 g/mol. The molecule has 0 heterocycles. The lowest BCUT2D eigenvalue weighted by atomic mass is 10.1. The first-order valence-electron chi connectivity index (χ1n) is 5.91. The van der Waals surface area contributed by atoms with E-state index in [4.69, 9.17) is 11.5 Å². The number of nitro groups is 1. The van der Waals surface area contributed by atoms with E-state index >= 15 is 0 Å². The van der Waals surface area contributed by atoms with Crippen LogP contribution in [0.3, 0.4) is 0 Å². The summed E-state index contributed by atoms with van der Waals surface area (Å²) in [5.41, 5.74) is 11.6. The molecule has 0 bridgehead atoms. The highest BCUT2D eigenvalue weighted by atomic mass is 35.5. The highest BCUT2D eigenvalue weighted by molar-refractivity contribution is 6.01. The van der Waals surface area contributed by atoms with Gasteiger partial charge in [-0.3, -0.25) is 14.9 Å². The van der Waals surface area contributed by atoms with Crippen molar-refractivity contribution in [1.29, 1.82) is 0 Å². The van der Waals surface area contributed by atoms with Crippen molar-refractivity contribution in [3.8, 4) is 0 Å². The lowest BCUT2D eigenvalue weighted by Crippen LogP contribution is -2.29. The van der Waals surface area contributed by atoms with Gasteiger partial charge in [0.15, 0.2) is 0 Å². The van der Waals surface area contributed by atoms with Crippen LogP contribution in [0.25, 0.3) is 0 Å². The van der Waals surface area contributed by atoms with Gasteiger partial charge in [-0.05, 0) is 31.9 Å². The van der Waals surface area contributed by atoms with Crippen LogP contribution in [0.2, 0.25) is 0 Å². The quantitative estimate of drug-likeness (QED) is 0.430. The van der Waals surface area contributed by atoms with E-state index in [2.05, 4.69) is 5.32 Å². The van der Waals surface area contributed by atoms with Crippen molar-refractivity contribution in [1.82, 2.24) is 5.32 Å². The van der Waals surface area contributed by atoms with Gasteiger partial charge in [-0.1, -0.05) is 0 Å². The molecule has 0 saturated carbocycles. The maximum atomic E-state index is 11.9. The first-order valence-corrected chi connectivity index (χ1v) is 5.91. The zero-order valence-electron chi connectivity index (χ0n) is 11.4. The van der Waals surface area contributed by atoms with Gasteiger partial charge in [0.05, 0.1) is 10.5 Å². The number of amides is 1. The molecule has 1 aromatic rings. The number of nitrogen functional groups attached to an aromatic ring is 1. The number of aryl methyl sites for hydroxylation is 1. The molecule has 112 valence electrons. The third-order valence-electron chi connectivity index (χ3n) is 2.63. The fraction of sp³-hybridized carbons (Fsp3) is 0.417. The predicted molar refractivity (Wildman–Crippen MR) is 80.1 cm³/mol. The molecule has 0 saturated heterocycles. The molecule has 0 aliphatic heterocycles. The van der Waals surface area contributed by atoms with Crippen LogP contribution in [0, 0.1) is 17.0 Å². The number of rotatable bonds is 5. The largest absolute Gasteiger partial charge is 0.393 e. The molecule has 1 aromatic carbocycles. The van der Waals surface area contributed by atoms with Gasteiger partial charge in [0, 0.05) is 18.7 Å². The minimum atomic E-state index is -0.596. The zero-order valence-corrected chi connectivity index (χ0v) is 12.2. The highest BCUT2D eigenvalue weighted by Gasteiger charge is 2.20. The molecule has 0 aliphatic rings. The predicted octanol–water partition coefficient (Wildman–Crippen LogP) is 1.37. The lowest BCUT2D eigenvalue weighted by molar-refractivity contribution is -0.384. The van der Waals surface area contributed by atoms with Gasteiger partial charge in [-0.15, -0.1) is 12.4 Å². The van der Waals surface area contributed by atoms with Crippen LogP contribution in [-0.4, -0.2) is 23.4 Å². The first kappa shape index (κ1) is 18.1. The Labute approximate surface area is 123 Å². The number of nitrogens with two attached hydrogens (primary N) is 2. The SMILES string of the molecule is Cc1cc(C(=O)NCCC(C)N)c(N)c([N+](=O)[O-])c1.Cl. The van der Waals surface area contributed by atoms with Crippen molar-refractivity contribution >= 4 is 29.7 Å². The molecule has 1 unspecified atom stereocenters. The molecule has 5 N–H and O–H groups in total. The van der Waals surface area contributed by atoms with Crippen LogP contribution < -0.4 is 16.8 Å². The van der Waals surface area contributed by atoms with Gasteiger partial charge in [-0.2, -0.15) is 0 Å². The summed E-state index contributed by atoms with van der Waals surface area (Å²) >= 11 is 0. The van der Waals surface area contributed by atoms with Crippen LogP contribution in [0.4, 0.5) is 11.4 Å². The highest BCUT2D eigenvalue weighted by Crippen LogP contribution is 2.26. The minimum absolute atomic E-state index is 0. The van der Waals surface area contributed by atoms with E-state index in [9.17, 15) is 14.9 Å². The molecular formula is C12H19ClN4O3. The molecule has 0 radical (unpaired) electrons. The summed E-state index contributed by atoms with van der Waals surface area (Å²) in [5.74, 6) is -0.426. The first-order chi connectivity index (χ1) is 8.82. The number of nitrogens with one attached hydrogen (secondary N) is 1. The standard InChI is InChI=1S/C12H18N4O3.ClH/c1-7-5-9(11(14)10(6-7)16(18)19)12(17)15-4-3-8(2)13;/h5-6,8H,3-4,13-14H2,1-2H3,(H,15,17);1H. The van der Waals surface area contributed by atoms with E-state index < -0.39 is 10.8 Å². The second-order valence-electron chi connectivity index (χ2n) is 4.52. The fourth-order valence-electron chi connectivity index (χ4n) is 1.63. The van der Waals surface area contributed by atoms with Crippen molar-refractivity contribution in [2.24, 2.45) is 5.73 Å². The van der Waals surface area contributed by atoms with E-state index in [-0.39, 0.29) is 35.4 Å². The Morgan fingerprint density at radius 1 is 1.50 bits per heavy atom. The van der Waals surface area contributed by atoms with Crippen molar-refractivity contribution in [3.63, 3.8) is 0 Å². The maximum Gasteiger partial charge on any atom is 0.293 e. The molecule has 0 aromatic heterocycles. The number of hydrogen-bond donors (Lipinski definition) is 3. The fourth-order valence-corrected chi connectivity index (χ4v) is 1.63. The summed E-state index contributed by atoms with van der Waals surface area (Å²) in [6.07, 6.45) is 0.625. The number of nitrogens with zero attached hydrogens (tertiary/aromatic N) is 1.